The minimum atomic E-state index is -0.315. The highest BCUT2D eigenvalue weighted by molar-refractivity contribution is 6.01. The van der Waals surface area contributed by atoms with Gasteiger partial charge in [0, 0.05) is 25.1 Å². The van der Waals surface area contributed by atoms with E-state index in [-0.39, 0.29) is 30.2 Å². The maximum Gasteiger partial charge on any atom is 0.227 e. The van der Waals surface area contributed by atoms with Crippen molar-refractivity contribution < 1.29 is 19.1 Å². The predicted molar refractivity (Wildman–Crippen MR) is 95.0 cm³/mol. The molecule has 1 heterocycles. The van der Waals surface area contributed by atoms with Crippen molar-refractivity contribution in [3.63, 3.8) is 0 Å². The molecule has 6 nitrogen and oxygen atoms in total. The summed E-state index contributed by atoms with van der Waals surface area (Å²) in [5.41, 5.74) is 0.653. The average molecular weight is 346 g/mol. The van der Waals surface area contributed by atoms with Crippen LogP contribution in [-0.4, -0.2) is 38.6 Å². The van der Waals surface area contributed by atoms with E-state index >= 15 is 0 Å². The highest BCUT2D eigenvalue weighted by Gasteiger charge is 2.37. The molecule has 25 heavy (non-hydrogen) atoms. The van der Waals surface area contributed by atoms with Crippen molar-refractivity contribution in [2.24, 2.45) is 5.92 Å². The number of anilines is 1. The molecule has 1 aliphatic heterocycles. The van der Waals surface area contributed by atoms with Gasteiger partial charge in [-0.25, -0.2) is 0 Å². The summed E-state index contributed by atoms with van der Waals surface area (Å²) in [4.78, 5) is 26.7. The van der Waals surface area contributed by atoms with E-state index in [1.165, 1.54) is 19.3 Å². The minimum absolute atomic E-state index is 0.00962. The fourth-order valence-electron chi connectivity index (χ4n) is 3.69. The van der Waals surface area contributed by atoms with Crippen LogP contribution in [0.25, 0.3) is 0 Å². The second-order valence-electron chi connectivity index (χ2n) is 6.79. The first-order valence-corrected chi connectivity index (χ1v) is 8.95. The Kier molecular flexibility index (Phi) is 5.46. The maximum absolute atomic E-state index is 12.6. The van der Waals surface area contributed by atoms with Crippen LogP contribution in [0.5, 0.6) is 11.5 Å². The molecule has 1 saturated carbocycles. The Balaban J connectivity index is 1.70. The Morgan fingerprint density at radius 2 is 1.92 bits per heavy atom. The molecule has 0 radical (unpaired) electrons. The number of hydrogen-bond donors (Lipinski definition) is 1. The number of carbonyl (C=O) groups excluding carboxylic acids is 2. The van der Waals surface area contributed by atoms with Crippen LogP contribution < -0.4 is 19.7 Å². The SMILES string of the molecule is COc1ccc(OC)c(N2CC(C(=O)NC3CCCCC3)CC2=O)c1. The van der Waals surface area contributed by atoms with Gasteiger partial charge < -0.3 is 19.7 Å². The summed E-state index contributed by atoms with van der Waals surface area (Å²) in [6.45, 7) is 0.376. The molecule has 2 fully saturated rings. The van der Waals surface area contributed by atoms with Gasteiger partial charge in [-0.2, -0.15) is 0 Å². The van der Waals surface area contributed by atoms with E-state index in [4.69, 9.17) is 9.47 Å². The van der Waals surface area contributed by atoms with Gasteiger partial charge in [-0.3, -0.25) is 9.59 Å². The maximum atomic E-state index is 12.6. The van der Waals surface area contributed by atoms with Crippen molar-refractivity contribution in [3.05, 3.63) is 18.2 Å². The number of amides is 2. The second kappa shape index (κ2) is 7.76. The summed E-state index contributed by atoms with van der Waals surface area (Å²) in [6, 6.07) is 5.60. The normalized spacial score (nSPS) is 21.3. The fraction of sp³-hybridized carbons (Fsp3) is 0.579. The van der Waals surface area contributed by atoms with E-state index in [0.717, 1.165) is 12.8 Å². The zero-order valence-corrected chi connectivity index (χ0v) is 14.9. The molecule has 0 bridgehead atoms. The monoisotopic (exact) mass is 346 g/mol. The Labute approximate surface area is 148 Å². The Bertz CT molecular complexity index is 640. The number of nitrogens with zero attached hydrogens (tertiary/aromatic N) is 1. The summed E-state index contributed by atoms with van der Waals surface area (Å²) in [5.74, 6) is 0.867. The Hall–Kier alpha value is -2.24. The van der Waals surface area contributed by atoms with E-state index in [1.807, 2.05) is 0 Å². The van der Waals surface area contributed by atoms with Crippen molar-refractivity contribution >= 4 is 17.5 Å². The Morgan fingerprint density at radius 1 is 1.16 bits per heavy atom. The summed E-state index contributed by atoms with van der Waals surface area (Å²) < 4.78 is 10.6. The molecular weight excluding hydrogens is 320 g/mol. The lowest BCUT2D eigenvalue weighted by molar-refractivity contribution is -0.127. The van der Waals surface area contributed by atoms with Crippen molar-refractivity contribution in [1.82, 2.24) is 5.32 Å². The highest BCUT2D eigenvalue weighted by Crippen LogP contribution is 2.36. The number of hydrogen-bond acceptors (Lipinski definition) is 4. The van der Waals surface area contributed by atoms with Crippen LogP contribution in [0.1, 0.15) is 38.5 Å². The topological polar surface area (TPSA) is 67.9 Å². The van der Waals surface area contributed by atoms with E-state index < -0.39 is 0 Å². The lowest BCUT2D eigenvalue weighted by atomic mass is 9.95. The van der Waals surface area contributed by atoms with Crippen LogP contribution in [-0.2, 0) is 9.59 Å². The third-order valence-corrected chi connectivity index (χ3v) is 5.12. The first kappa shape index (κ1) is 17.6. The van der Waals surface area contributed by atoms with Gasteiger partial charge in [0.15, 0.2) is 0 Å². The molecule has 2 amide bonds. The largest absolute Gasteiger partial charge is 0.497 e. The van der Waals surface area contributed by atoms with E-state index in [0.29, 0.717) is 23.7 Å². The number of methoxy groups -OCH3 is 2. The standard InChI is InChI=1S/C19H26N2O4/c1-24-15-8-9-17(25-2)16(11-15)21-12-13(10-18(21)22)19(23)20-14-6-4-3-5-7-14/h8-9,11,13-14H,3-7,10,12H2,1-2H3,(H,20,23). The van der Waals surface area contributed by atoms with Gasteiger partial charge in [0.2, 0.25) is 11.8 Å². The van der Waals surface area contributed by atoms with Crippen LogP contribution in [0.2, 0.25) is 0 Å². The summed E-state index contributed by atoms with van der Waals surface area (Å²) in [7, 11) is 3.15. The van der Waals surface area contributed by atoms with Gasteiger partial charge in [0.1, 0.15) is 11.5 Å². The molecule has 136 valence electrons. The number of rotatable bonds is 5. The van der Waals surface area contributed by atoms with Crippen LogP contribution >= 0.6 is 0 Å². The van der Waals surface area contributed by atoms with Gasteiger partial charge in [-0.05, 0) is 25.0 Å². The van der Waals surface area contributed by atoms with Gasteiger partial charge in [-0.15, -0.1) is 0 Å². The van der Waals surface area contributed by atoms with Gasteiger partial charge >= 0.3 is 0 Å². The predicted octanol–water partition coefficient (Wildman–Crippen LogP) is 2.51. The number of nitrogens with one attached hydrogen (secondary N) is 1. The lowest BCUT2D eigenvalue weighted by Crippen LogP contribution is -2.40. The minimum Gasteiger partial charge on any atom is -0.497 e. The third kappa shape index (κ3) is 3.89. The van der Waals surface area contributed by atoms with Crippen LogP contribution in [0, 0.1) is 5.92 Å². The molecule has 1 atom stereocenters. The molecule has 1 aromatic carbocycles. The van der Waals surface area contributed by atoms with Crippen molar-refractivity contribution in [2.45, 2.75) is 44.6 Å². The van der Waals surface area contributed by atoms with Crippen LogP contribution in [0.4, 0.5) is 5.69 Å². The van der Waals surface area contributed by atoms with E-state index in [1.54, 1.807) is 37.3 Å². The van der Waals surface area contributed by atoms with Gasteiger partial charge in [0.25, 0.3) is 0 Å². The zero-order valence-electron chi connectivity index (χ0n) is 14.9. The lowest BCUT2D eigenvalue weighted by Gasteiger charge is -2.24. The fourth-order valence-corrected chi connectivity index (χ4v) is 3.69. The van der Waals surface area contributed by atoms with Crippen LogP contribution in [0.3, 0.4) is 0 Å². The highest BCUT2D eigenvalue weighted by atomic mass is 16.5. The smallest absolute Gasteiger partial charge is 0.227 e. The van der Waals surface area contributed by atoms with E-state index in [2.05, 4.69) is 5.32 Å². The van der Waals surface area contributed by atoms with Gasteiger partial charge in [-0.1, -0.05) is 19.3 Å². The molecule has 1 aliphatic carbocycles. The molecule has 3 rings (SSSR count). The molecule has 1 aromatic rings. The Morgan fingerprint density at radius 3 is 2.60 bits per heavy atom. The molecule has 6 heteroatoms. The molecule has 1 N–H and O–H groups in total. The van der Waals surface area contributed by atoms with Crippen LogP contribution in [0.15, 0.2) is 18.2 Å². The number of ether oxygens (including phenoxy) is 2. The average Bonchev–Trinajstić information content (AvgIpc) is 3.03. The number of carbonyl (C=O) groups is 2. The summed E-state index contributed by atoms with van der Waals surface area (Å²) >= 11 is 0. The van der Waals surface area contributed by atoms with Crippen molar-refractivity contribution in [2.75, 3.05) is 25.7 Å². The zero-order chi connectivity index (χ0) is 17.8. The quantitative estimate of drug-likeness (QED) is 0.889. The number of benzene rings is 1. The molecular formula is C19H26N2O4. The van der Waals surface area contributed by atoms with E-state index in [9.17, 15) is 9.59 Å². The molecule has 2 aliphatic rings. The van der Waals surface area contributed by atoms with Gasteiger partial charge in [0.05, 0.1) is 25.8 Å². The second-order valence-corrected chi connectivity index (χ2v) is 6.79. The first-order chi connectivity index (χ1) is 12.1. The summed E-state index contributed by atoms with van der Waals surface area (Å²) in [5, 5.41) is 3.13. The van der Waals surface area contributed by atoms with Crippen molar-refractivity contribution in [1.29, 1.82) is 0 Å². The summed E-state index contributed by atoms with van der Waals surface area (Å²) in [6.07, 6.45) is 5.90. The third-order valence-electron chi connectivity index (χ3n) is 5.12. The first-order valence-electron chi connectivity index (χ1n) is 8.95. The molecule has 0 spiro atoms. The molecule has 0 aromatic heterocycles. The molecule has 1 saturated heterocycles. The van der Waals surface area contributed by atoms with Crippen molar-refractivity contribution in [3.8, 4) is 11.5 Å². The molecule has 1 unspecified atom stereocenters.